The third-order valence-corrected chi connectivity index (χ3v) is 7.11. The summed E-state index contributed by atoms with van der Waals surface area (Å²) < 4.78 is 68.7. The first-order chi connectivity index (χ1) is 16.0. The van der Waals surface area contributed by atoms with Crippen molar-refractivity contribution in [3.63, 3.8) is 0 Å². The van der Waals surface area contributed by atoms with E-state index in [-0.39, 0.29) is 30.2 Å². The molecule has 184 valence electrons. The van der Waals surface area contributed by atoms with Gasteiger partial charge in [0, 0.05) is 17.4 Å². The number of benzene rings is 2. The first-order valence-electron chi connectivity index (χ1n) is 11.4. The first kappa shape index (κ1) is 24.5. The summed E-state index contributed by atoms with van der Waals surface area (Å²) in [7, 11) is 1.32. The van der Waals surface area contributed by atoms with Crippen molar-refractivity contribution in [3.8, 4) is 5.75 Å². The number of esters is 1. The van der Waals surface area contributed by atoms with Crippen LogP contribution < -0.4 is 4.74 Å². The molecule has 1 aliphatic carbocycles. The molecule has 4 nitrogen and oxygen atoms in total. The molecular weight excluding hydrogens is 452 g/mol. The van der Waals surface area contributed by atoms with E-state index in [0.717, 1.165) is 11.1 Å². The normalized spacial score (nSPS) is 26.9. The van der Waals surface area contributed by atoms with E-state index in [0.29, 0.717) is 24.8 Å². The Labute approximate surface area is 196 Å². The number of ether oxygens (including phenoxy) is 3. The number of alkyl halides is 3. The first-order valence-corrected chi connectivity index (χ1v) is 11.4. The van der Waals surface area contributed by atoms with Gasteiger partial charge in [0.25, 0.3) is 0 Å². The maximum atomic E-state index is 13.6. The van der Waals surface area contributed by atoms with E-state index in [9.17, 15) is 22.4 Å². The second kappa shape index (κ2) is 9.21. The van der Waals surface area contributed by atoms with Gasteiger partial charge in [-0.15, -0.1) is 13.2 Å². The quantitative estimate of drug-likeness (QED) is 0.364. The van der Waals surface area contributed by atoms with Crippen LogP contribution in [0.15, 0.2) is 42.5 Å². The van der Waals surface area contributed by atoms with Crippen molar-refractivity contribution in [1.82, 2.24) is 0 Å². The van der Waals surface area contributed by atoms with Crippen LogP contribution in [0.4, 0.5) is 17.6 Å². The van der Waals surface area contributed by atoms with Crippen molar-refractivity contribution < 1.29 is 36.6 Å². The Hall–Kier alpha value is -2.61. The highest BCUT2D eigenvalue weighted by Crippen LogP contribution is 2.57. The molecule has 1 saturated carbocycles. The summed E-state index contributed by atoms with van der Waals surface area (Å²) in [5, 5.41) is 0. The molecule has 8 heteroatoms. The van der Waals surface area contributed by atoms with Gasteiger partial charge < -0.3 is 14.2 Å². The van der Waals surface area contributed by atoms with E-state index in [1.165, 1.54) is 25.3 Å². The molecule has 4 atom stereocenters. The van der Waals surface area contributed by atoms with Crippen molar-refractivity contribution in [2.75, 3.05) is 13.7 Å². The van der Waals surface area contributed by atoms with Gasteiger partial charge in [0.2, 0.25) is 0 Å². The van der Waals surface area contributed by atoms with Crippen molar-refractivity contribution in [2.45, 2.75) is 62.8 Å². The molecule has 0 aromatic heterocycles. The monoisotopic (exact) mass is 480 g/mol. The maximum Gasteiger partial charge on any atom is 0.573 e. The summed E-state index contributed by atoms with van der Waals surface area (Å²) in [5.41, 5.74) is 1.32. The van der Waals surface area contributed by atoms with Gasteiger partial charge in [-0.05, 0) is 54.5 Å². The molecule has 1 heterocycles. The summed E-state index contributed by atoms with van der Waals surface area (Å²) in [6.45, 7) is 4.14. The van der Waals surface area contributed by atoms with Gasteiger partial charge in [0.05, 0.1) is 25.2 Å². The molecule has 0 unspecified atom stereocenters. The van der Waals surface area contributed by atoms with Crippen LogP contribution >= 0.6 is 0 Å². The zero-order valence-electron chi connectivity index (χ0n) is 19.3. The molecule has 1 saturated heterocycles. The van der Waals surface area contributed by atoms with Gasteiger partial charge in [-0.1, -0.05) is 38.1 Å². The van der Waals surface area contributed by atoms with Gasteiger partial charge >= 0.3 is 12.3 Å². The number of methoxy groups -OCH3 is 1. The molecule has 34 heavy (non-hydrogen) atoms. The van der Waals surface area contributed by atoms with Crippen LogP contribution in [0.25, 0.3) is 0 Å². The minimum absolute atomic E-state index is 0.122. The molecule has 4 rings (SSSR count). The van der Waals surface area contributed by atoms with E-state index in [1.807, 2.05) is 13.8 Å². The second-order valence-electron chi connectivity index (χ2n) is 9.47. The number of hydrogen-bond donors (Lipinski definition) is 0. The molecule has 1 aliphatic heterocycles. The fraction of sp³-hybridized carbons (Fsp3) is 0.500. The highest BCUT2D eigenvalue weighted by atomic mass is 19.4. The van der Waals surface area contributed by atoms with Gasteiger partial charge in [-0.25, -0.2) is 4.39 Å². The average molecular weight is 480 g/mol. The molecule has 0 amide bonds. The highest BCUT2D eigenvalue weighted by molar-refractivity contribution is 5.74. The lowest BCUT2D eigenvalue weighted by molar-refractivity contribution is -0.275. The van der Waals surface area contributed by atoms with Gasteiger partial charge in [-0.3, -0.25) is 4.79 Å². The van der Waals surface area contributed by atoms with Crippen molar-refractivity contribution >= 4 is 5.97 Å². The molecule has 0 radical (unpaired) electrons. The Morgan fingerprint density at radius 3 is 2.47 bits per heavy atom. The number of carbonyl (C=O) groups excluding carboxylic acids is 1. The van der Waals surface area contributed by atoms with Crippen molar-refractivity contribution in [1.29, 1.82) is 0 Å². The van der Waals surface area contributed by atoms with E-state index >= 15 is 0 Å². The summed E-state index contributed by atoms with van der Waals surface area (Å²) in [5.74, 6) is -2.11. The SMILES string of the molecule is COC(=O)[C@H]1CC[C@@]2(C[C@H](c3cc(C(C)C)ccc3OC(F)(F)F)CO2)[C@@H]1c1ccc(F)cc1. The minimum Gasteiger partial charge on any atom is -0.469 e. The van der Waals surface area contributed by atoms with Crippen LogP contribution in [0.2, 0.25) is 0 Å². The van der Waals surface area contributed by atoms with Crippen LogP contribution in [0.5, 0.6) is 5.75 Å². The Bertz CT molecular complexity index is 1030. The summed E-state index contributed by atoms with van der Waals surface area (Å²) in [6.07, 6.45) is -3.34. The van der Waals surface area contributed by atoms with E-state index in [2.05, 4.69) is 4.74 Å². The maximum absolute atomic E-state index is 13.6. The zero-order chi connectivity index (χ0) is 24.7. The molecule has 2 aliphatic rings. The summed E-state index contributed by atoms with van der Waals surface area (Å²) in [4.78, 5) is 12.6. The van der Waals surface area contributed by atoms with E-state index in [1.54, 1.807) is 24.3 Å². The second-order valence-corrected chi connectivity index (χ2v) is 9.47. The van der Waals surface area contributed by atoms with Crippen molar-refractivity contribution in [3.05, 3.63) is 65.0 Å². The van der Waals surface area contributed by atoms with Gasteiger partial charge in [0.15, 0.2) is 0 Å². The molecule has 2 aromatic rings. The Kier molecular flexibility index (Phi) is 6.64. The summed E-state index contributed by atoms with van der Waals surface area (Å²) in [6, 6.07) is 10.7. The molecule has 1 spiro atoms. The standard InChI is InChI=1S/C26H28F4O4/c1-15(2)17-6-9-22(34-26(28,29)30)21(12-17)18-13-25(33-14-18)11-10-20(24(31)32-3)23(25)16-4-7-19(27)8-5-16/h4-9,12,15,18,20,23H,10-11,13-14H2,1-3H3/t18-,20-,23+,25+/m0/s1. The minimum atomic E-state index is -4.81. The van der Waals surface area contributed by atoms with Crippen LogP contribution in [0.3, 0.4) is 0 Å². The van der Waals surface area contributed by atoms with Crippen LogP contribution in [-0.2, 0) is 14.3 Å². The lowest BCUT2D eigenvalue weighted by Gasteiger charge is -2.33. The predicted octanol–water partition coefficient (Wildman–Crippen LogP) is 6.46. The topological polar surface area (TPSA) is 44.8 Å². The lowest BCUT2D eigenvalue weighted by atomic mass is 9.76. The lowest BCUT2D eigenvalue weighted by Crippen LogP contribution is -2.35. The Balaban J connectivity index is 1.71. The molecular formula is C26H28F4O4. The van der Waals surface area contributed by atoms with E-state index < -0.39 is 29.6 Å². The van der Waals surface area contributed by atoms with Crippen molar-refractivity contribution in [2.24, 2.45) is 5.92 Å². The molecule has 2 fully saturated rings. The third kappa shape index (κ3) is 4.78. The largest absolute Gasteiger partial charge is 0.573 e. The molecule has 2 aromatic carbocycles. The number of halogens is 4. The number of hydrogen-bond acceptors (Lipinski definition) is 4. The Morgan fingerprint density at radius 2 is 1.85 bits per heavy atom. The molecule has 0 N–H and O–H groups in total. The Morgan fingerprint density at radius 1 is 1.15 bits per heavy atom. The van der Waals surface area contributed by atoms with Gasteiger partial charge in [-0.2, -0.15) is 0 Å². The van der Waals surface area contributed by atoms with Crippen LogP contribution in [0, 0.1) is 11.7 Å². The number of rotatable bonds is 5. The fourth-order valence-electron chi connectivity index (χ4n) is 5.56. The fourth-order valence-corrected chi connectivity index (χ4v) is 5.56. The number of carbonyl (C=O) groups is 1. The molecule has 0 bridgehead atoms. The van der Waals surface area contributed by atoms with Gasteiger partial charge in [0.1, 0.15) is 11.6 Å². The average Bonchev–Trinajstić information content (AvgIpc) is 3.37. The summed E-state index contributed by atoms with van der Waals surface area (Å²) >= 11 is 0. The third-order valence-electron chi connectivity index (χ3n) is 7.11. The van der Waals surface area contributed by atoms with Crippen LogP contribution in [0.1, 0.15) is 67.6 Å². The smallest absolute Gasteiger partial charge is 0.469 e. The van der Waals surface area contributed by atoms with Crippen LogP contribution in [-0.4, -0.2) is 31.6 Å². The highest BCUT2D eigenvalue weighted by Gasteiger charge is 2.57. The van der Waals surface area contributed by atoms with E-state index in [4.69, 9.17) is 9.47 Å². The zero-order valence-corrected chi connectivity index (χ0v) is 19.3. The predicted molar refractivity (Wildman–Crippen MR) is 117 cm³/mol.